The molecule has 0 spiro atoms. The Hall–Kier alpha value is -2.25. The van der Waals surface area contributed by atoms with E-state index in [1.54, 1.807) is 10.6 Å². The van der Waals surface area contributed by atoms with Crippen LogP contribution in [0.25, 0.3) is 5.65 Å². The highest BCUT2D eigenvalue weighted by Gasteiger charge is 2.15. The Morgan fingerprint density at radius 2 is 2.25 bits per heavy atom. The monoisotopic (exact) mass is 409 g/mol. The number of rotatable bonds is 4. The van der Waals surface area contributed by atoms with Gasteiger partial charge in [-0.3, -0.25) is 9.20 Å². The van der Waals surface area contributed by atoms with Gasteiger partial charge in [0.1, 0.15) is 10.8 Å². The SMILES string of the molecule is COc1cc(C(=O)NCc2nc3ccccn3c2Cl)cc(Br)c1O. The van der Waals surface area contributed by atoms with Crippen molar-refractivity contribution in [1.82, 2.24) is 14.7 Å². The minimum absolute atomic E-state index is 0.0579. The average molecular weight is 411 g/mol. The van der Waals surface area contributed by atoms with Crippen LogP contribution in [0.3, 0.4) is 0 Å². The van der Waals surface area contributed by atoms with Crippen LogP contribution in [-0.2, 0) is 6.54 Å². The summed E-state index contributed by atoms with van der Waals surface area (Å²) >= 11 is 9.46. The maximum Gasteiger partial charge on any atom is 0.251 e. The highest BCUT2D eigenvalue weighted by Crippen LogP contribution is 2.35. The molecule has 1 amide bonds. The van der Waals surface area contributed by atoms with E-state index in [1.807, 2.05) is 18.2 Å². The van der Waals surface area contributed by atoms with Crippen molar-refractivity contribution in [1.29, 1.82) is 0 Å². The lowest BCUT2D eigenvalue weighted by atomic mass is 10.2. The summed E-state index contributed by atoms with van der Waals surface area (Å²) in [6.45, 7) is 0.181. The smallest absolute Gasteiger partial charge is 0.251 e. The van der Waals surface area contributed by atoms with Crippen LogP contribution in [0, 0.1) is 0 Å². The number of nitrogens with zero attached hydrogens (tertiary/aromatic N) is 2. The number of ether oxygens (including phenoxy) is 1. The summed E-state index contributed by atoms with van der Waals surface area (Å²) in [7, 11) is 1.42. The predicted molar refractivity (Wildman–Crippen MR) is 93.7 cm³/mol. The molecule has 0 bridgehead atoms. The van der Waals surface area contributed by atoms with Crippen LogP contribution in [0.1, 0.15) is 16.1 Å². The lowest BCUT2D eigenvalue weighted by Crippen LogP contribution is -2.23. The van der Waals surface area contributed by atoms with Gasteiger partial charge in [-0.05, 0) is 40.2 Å². The van der Waals surface area contributed by atoms with Crippen LogP contribution in [0.4, 0.5) is 0 Å². The molecule has 0 aliphatic rings. The zero-order chi connectivity index (χ0) is 17.3. The second-order valence-electron chi connectivity index (χ2n) is 4.97. The first-order chi connectivity index (χ1) is 11.5. The van der Waals surface area contributed by atoms with E-state index in [0.717, 1.165) is 0 Å². The molecular formula is C16H13BrClN3O3. The predicted octanol–water partition coefficient (Wildman–Crippen LogP) is 3.39. The van der Waals surface area contributed by atoms with Gasteiger partial charge in [0.15, 0.2) is 11.5 Å². The molecule has 0 radical (unpaired) electrons. The van der Waals surface area contributed by atoms with E-state index < -0.39 is 0 Å². The summed E-state index contributed by atoms with van der Waals surface area (Å²) in [6.07, 6.45) is 1.80. The fourth-order valence-corrected chi connectivity index (χ4v) is 2.95. The first kappa shape index (κ1) is 16.6. The van der Waals surface area contributed by atoms with Crippen LogP contribution in [0.5, 0.6) is 11.5 Å². The minimum atomic E-state index is -0.331. The molecular weight excluding hydrogens is 398 g/mol. The lowest BCUT2D eigenvalue weighted by molar-refractivity contribution is 0.0950. The molecule has 0 saturated heterocycles. The molecule has 0 unspecified atom stereocenters. The van der Waals surface area contributed by atoms with Crippen LogP contribution in [-0.4, -0.2) is 27.5 Å². The van der Waals surface area contributed by atoms with Crippen molar-refractivity contribution >= 4 is 39.1 Å². The van der Waals surface area contributed by atoms with Crippen LogP contribution >= 0.6 is 27.5 Å². The molecule has 1 aromatic carbocycles. The molecule has 24 heavy (non-hydrogen) atoms. The lowest BCUT2D eigenvalue weighted by Gasteiger charge is -2.09. The molecule has 0 aliphatic heterocycles. The molecule has 6 nitrogen and oxygen atoms in total. The van der Waals surface area contributed by atoms with Crippen molar-refractivity contribution in [3.63, 3.8) is 0 Å². The normalized spacial score (nSPS) is 10.8. The number of imidazole rings is 1. The van der Waals surface area contributed by atoms with Gasteiger partial charge in [-0.15, -0.1) is 0 Å². The highest BCUT2D eigenvalue weighted by molar-refractivity contribution is 9.10. The zero-order valence-corrected chi connectivity index (χ0v) is 14.9. The Morgan fingerprint density at radius 1 is 1.46 bits per heavy atom. The van der Waals surface area contributed by atoms with Crippen LogP contribution < -0.4 is 10.1 Å². The number of hydrogen-bond acceptors (Lipinski definition) is 4. The number of benzene rings is 1. The number of halogens is 2. The van der Waals surface area contributed by atoms with Crippen molar-refractivity contribution in [2.45, 2.75) is 6.54 Å². The number of pyridine rings is 1. The first-order valence-corrected chi connectivity index (χ1v) is 8.14. The van der Waals surface area contributed by atoms with Gasteiger partial charge in [-0.1, -0.05) is 17.7 Å². The van der Waals surface area contributed by atoms with Crippen molar-refractivity contribution < 1.29 is 14.6 Å². The quantitative estimate of drug-likeness (QED) is 0.691. The third-order valence-electron chi connectivity index (χ3n) is 3.46. The molecule has 3 aromatic rings. The van der Waals surface area contributed by atoms with Crippen molar-refractivity contribution in [3.05, 3.63) is 57.4 Å². The van der Waals surface area contributed by atoms with Crippen molar-refractivity contribution in [3.8, 4) is 11.5 Å². The molecule has 2 heterocycles. The summed E-state index contributed by atoms with van der Waals surface area (Å²) in [5.74, 6) is -0.181. The Kier molecular flexibility index (Phi) is 4.64. The second-order valence-corrected chi connectivity index (χ2v) is 6.18. The number of aromatic hydroxyl groups is 1. The average Bonchev–Trinajstić information content (AvgIpc) is 2.91. The summed E-state index contributed by atoms with van der Waals surface area (Å²) < 4.78 is 7.15. The molecule has 0 fully saturated rings. The topological polar surface area (TPSA) is 75.9 Å². The van der Waals surface area contributed by atoms with E-state index in [9.17, 15) is 9.90 Å². The Balaban J connectivity index is 1.80. The van der Waals surface area contributed by atoms with Gasteiger partial charge in [0, 0.05) is 11.8 Å². The Morgan fingerprint density at radius 3 is 2.96 bits per heavy atom. The van der Waals surface area contributed by atoms with Gasteiger partial charge in [0.25, 0.3) is 5.91 Å². The van der Waals surface area contributed by atoms with Crippen LogP contribution in [0.15, 0.2) is 41.0 Å². The number of aromatic nitrogens is 2. The van der Waals surface area contributed by atoms with E-state index in [1.165, 1.54) is 19.2 Å². The standard InChI is InChI=1S/C16H13BrClN3O3/c1-24-12-7-9(6-10(17)14(12)22)16(23)19-8-11-15(18)21-5-3-2-4-13(21)20-11/h2-7,22H,8H2,1H3,(H,19,23). The second kappa shape index (κ2) is 6.70. The van der Waals surface area contributed by atoms with Gasteiger partial charge in [-0.25, -0.2) is 4.98 Å². The summed E-state index contributed by atoms with van der Waals surface area (Å²) in [5, 5.41) is 13.0. The number of hydrogen-bond donors (Lipinski definition) is 2. The molecule has 2 aromatic heterocycles. The van der Waals surface area contributed by atoms with Crippen molar-refractivity contribution in [2.24, 2.45) is 0 Å². The van der Waals surface area contributed by atoms with Crippen molar-refractivity contribution in [2.75, 3.05) is 7.11 Å². The molecule has 8 heteroatoms. The molecule has 3 rings (SSSR count). The van der Waals surface area contributed by atoms with E-state index in [4.69, 9.17) is 16.3 Å². The maximum atomic E-state index is 12.3. The number of carbonyl (C=O) groups is 1. The fraction of sp³-hybridized carbons (Fsp3) is 0.125. The molecule has 0 aliphatic carbocycles. The number of phenolic OH excluding ortho intramolecular Hbond substituents is 1. The van der Waals surface area contributed by atoms with E-state index >= 15 is 0 Å². The van der Waals surface area contributed by atoms with Gasteiger partial charge in [-0.2, -0.15) is 0 Å². The number of fused-ring (bicyclic) bond motifs is 1. The number of methoxy groups -OCH3 is 1. The molecule has 0 saturated carbocycles. The minimum Gasteiger partial charge on any atom is -0.503 e. The van der Waals surface area contributed by atoms with Gasteiger partial charge < -0.3 is 15.2 Å². The number of carbonyl (C=O) groups excluding carboxylic acids is 1. The number of phenols is 1. The maximum absolute atomic E-state index is 12.3. The largest absolute Gasteiger partial charge is 0.503 e. The van der Waals surface area contributed by atoms with Gasteiger partial charge in [0.2, 0.25) is 0 Å². The summed E-state index contributed by atoms with van der Waals surface area (Å²) in [5.41, 5.74) is 1.62. The first-order valence-electron chi connectivity index (χ1n) is 6.97. The van der Waals surface area contributed by atoms with Gasteiger partial charge in [0.05, 0.1) is 23.8 Å². The number of nitrogens with one attached hydrogen (secondary N) is 1. The Bertz CT molecular complexity index is 926. The third kappa shape index (κ3) is 3.05. The van der Waals surface area contributed by atoms with E-state index in [0.29, 0.717) is 26.5 Å². The molecule has 0 atom stereocenters. The molecule has 2 N–H and O–H groups in total. The highest BCUT2D eigenvalue weighted by atomic mass is 79.9. The van der Waals surface area contributed by atoms with Crippen LogP contribution in [0.2, 0.25) is 5.15 Å². The van der Waals surface area contributed by atoms with E-state index in [2.05, 4.69) is 26.2 Å². The third-order valence-corrected chi connectivity index (χ3v) is 4.47. The number of amides is 1. The Labute approximate surface area is 151 Å². The van der Waals surface area contributed by atoms with Gasteiger partial charge >= 0.3 is 0 Å². The summed E-state index contributed by atoms with van der Waals surface area (Å²) in [4.78, 5) is 16.7. The zero-order valence-electron chi connectivity index (χ0n) is 12.6. The molecule has 124 valence electrons. The fourth-order valence-electron chi connectivity index (χ4n) is 2.25. The summed E-state index contributed by atoms with van der Waals surface area (Å²) in [6, 6.07) is 8.52. The van der Waals surface area contributed by atoms with E-state index in [-0.39, 0.29) is 24.0 Å².